The van der Waals surface area contributed by atoms with Crippen LogP contribution in [0.3, 0.4) is 0 Å². The van der Waals surface area contributed by atoms with Gasteiger partial charge in [-0.25, -0.2) is 0 Å². The second-order valence-electron chi connectivity index (χ2n) is 7.89. The summed E-state index contributed by atoms with van der Waals surface area (Å²) in [6.45, 7) is 2.75. The third kappa shape index (κ3) is 4.15. The van der Waals surface area contributed by atoms with E-state index in [1.807, 2.05) is 24.3 Å². The summed E-state index contributed by atoms with van der Waals surface area (Å²) < 4.78 is 2.11. The van der Waals surface area contributed by atoms with Crippen LogP contribution in [0.2, 0.25) is 0 Å². The van der Waals surface area contributed by atoms with Gasteiger partial charge in [0.05, 0.1) is 17.1 Å². The van der Waals surface area contributed by atoms with Crippen LogP contribution in [0.1, 0.15) is 31.2 Å². The largest absolute Gasteiger partial charge is 0.323 e. The van der Waals surface area contributed by atoms with Crippen LogP contribution in [0.5, 0.6) is 0 Å². The Hall–Kier alpha value is -4.20. The second kappa shape index (κ2) is 9.12. The van der Waals surface area contributed by atoms with Gasteiger partial charge in [0.15, 0.2) is 0 Å². The van der Waals surface area contributed by atoms with Crippen molar-refractivity contribution in [2.24, 2.45) is 0 Å². The molecule has 1 N–H and O–H groups in total. The number of benzene rings is 2. The molecule has 3 aromatic heterocycles. The number of fused-ring (bicyclic) bond motifs is 1. The van der Waals surface area contributed by atoms with Gasteiger partial charge >= 0.3 is 0 Å². The number of aryl methyl sites for hydroxylation is 1. The van der Waals surface area contributed by atoms with Crippen LogP contribution < -0.4 is 5.56 Å². The van der Waals surface area contributed by atoms with Gasteiger partial charge in [-0.05, 0) is 34.4 Å². The van der Waals surface area contributed by atoms with Gasteiger partial charge in [0.1, 0.15) is 5.82 Å². The van der Waals surface area contributed by atoms with Crippen LogP contribution in [0.15, 0.2) is 71.8 Å². The van der Waals surface area contributed by atoms with E-state index >= 15 is 0 Å². The lowest BCUT2D eigenvalue weighted by Gasteiger charge is -2.16. The maximum Gasteiger partial charge on any atom is 0.280 e. The summed E-state index contributed by atoms with van der Waals surface area (Å²) in [6.07, 6.45) is 6.16. The molecule has 0 aliphatic carbocycles. The number of hydrogen-bond donors (Lipinski definition) is 1. The minimum Gasteiger partial charge on any atom is -0.323 e. The predicted octanol–water partition coefficient (Wildman–Crippen LogP) is 4.03. The van der Waals surface area contributed by atoms with Gasteiger partial charge in [-0.1, -0.05) is 61.9 Å². The van der Waals surface area contributed by atoms with Crippen molar-refractivity contribution >= 4 is 10.9 Å². The molecule has 0 unspecified atom stereocenters. The molecule has 2 aromatic carbocycles. The first-order valence-electron chi connectivity index (χ1n) is 11.0. The van der Waals surface area contributed by atoms with Gasteiger partial charge in [0.25, 0.3) is 5.56 Å². The van der Waals surface area contributed by atoms with E-state index in [4.69, 9.17) is 0 Å². The van der Waals surface area contributed by atoms with Crippen LogP contribution in [-0.2, 0) is 13.0 Å². The molecule has 0 aliphatic heterocycles. The predicted molar refractivity (Wildman–Crippen MR) is 127 cm³/mol. The minimum absolute atomic E-state index is 0.192. The van der Waals surface area contributed by atoms with E-state index in [9.17, 15) is 4.79 Å². The number of hydrogen-bond acceptors (Lipinski definition) is 6. The zero-order valence-electron chi connectivity index (χ0n) is 18.3. The first-order valence-corrected chi connectivity index (χ1v) is 11.0. The molecule has 5 aromatic rings. The average Bonchev–Trinajstić information content (AvgIpc) is 3.40. The van der Waals surface area contributed by atoms with E-state index < -0.39 is 0 Å². The summed E-state index contributed by atoms with van der Waals surface area (Å²) in [6, 6.07) is 18.1. The number of nitrogens with one attached hydrogen (secondary N) is 1. The SMILES string of the molecule is CCCCc1nc(=O)c2ccncc2n1Cc1ccc(-c2ccccc2-c2nn[nH]n2)cc1. The maximum atomic E-state index is 12.5. The van der Waals surface area contributed by atoms with Gasteiger partial charge in [0, 0.05) is 24.7 Å². The fourth-order valence-corrected chi connectivity index (χ4v) is 4.04. The van der Waals surface area contributed by atoms with Crippen molar-refractivity contribution in [3.8, 4) is 22.5 Å². The normalized spacial score (nSPS) is 11.2. The smallest absolute Gasteiger partial charge is 0.280 e. The van der Waals surface area contributed by atoms with Gasteiger partial charge in [0.2, 0.25) is 5.82 Å². The number of pyridine rings is 1. The Bertz CT molecular complexity index is 1440. The number of tetrazole rings is 1. The van der Waals surface area contributed by atoms with Crippen LogP contribution in [0, 0.1) is 0 Å². The van der Waals surface area contributed by atoms with Crippen LogP contribution >= 0.6 is 0 Å². The number of aromatic amines is 1. The number of aromatic nitrogens is 7. The lowest BCUT2D eigenvalue weighted by molar-refractivity contribution is 0.669. The fourth-order valence-electron chi connectivity index (χ4n) is 4.04. The van der Waals surface area contributed by atoms with Crippen LogP contribution in [-0.4, -0.2) is 35.2 Å². The summed E-state index contributed by atoms with van der Waals surface area (Å²) in [7, 11) is 0. The van der Waals surface area contributed by atoms with Gasteiger partial charge in [-0.15, -0.1) is 10.2 Å². The topological polar surface area (TPSA) is 102 Å². The Balaban J connectivity index is 1.51. The van der Waals surface area contributed by atoms with Gasteiger partial charge in [-0.3, -0.25) is 9.78 Å². The molecule has 164 valence electrons. The summed E-state index contributed by atoms with van der Waals surface area (Å²) >= 11 is 0. The third-order valence-corrected chi connectivity index (χ3v) is 5.74. The number of unbranched alkanes of at least 4 members (excludes halogenated alkanes) is 1. The molecule has 33 heavy (non-hydrogen) atoms. The molecule has 0 aliphatic rings. The molecule has 8 nitrogen and oxygen atoms in total. The lowest BCUT2D eigenvalue weighted by Crippen LogP contribution is -2.20. The summed E-state index contributed by atoms with van der Waals surface area (Å²) in [5, 5.41) is 15.0. The van der Waals surface area contributed by atoms with Crippen molar-refractivity contribution in [1.29, 1.82) is 0 Å². The molecular formula is C25H23N7O. The summed E-state index contributed by atoms with van der Waals surface area (Å²) in [4.78, 5) is 21.2. The van der Waals surface area contributed by atoms with Crippen LogP contribution in [0.25, 0.3) is 33.4 Å². The monoisotopic (exact) mass is 437 g/mol. The average molecular weight is 438 g/mol. The lowest BCUT2D eigenvalue weighted by atomic mass is 9.98. The Kier molecular flexibility index (Phi) is 5.72. The second-order valence-corrected chi connectivity index (χ2v) is 7.89. The molecule has 0 fully saturated rings. The summed E-state index contributed by atoms with van der Waals surface area (Å²) in [5.74, 6) is 1.36. The Morgan fingerprint density at radius 2 is 1.82 bits per heavy atom. The number of rotatable bonds is 7. The third-order valence-electron chi connectivity index (χ3n) is 5.74. The first kappa shape index (κ1) is 20.7. The highest BCUT2D eigenvalue weighted by atomic mass is 16.1. The maximum absolute atomic E-state index is 12.5. The highest BCUT2D eigenvalue weighted by molar-refractivity contribution is 5.80. The van der Waals surface area contributed by atoms with E-state index in [1.54, 1.807) is 18.5 Å². The van der Waals surface area contributed by atoms with Crippen molar-refractivity contribution in [1.82, 2.24) is 35.2 Å². The molecule has 0 bridgehead atoms. The van der Waals surface area contributed by atoms with E-state index in [0.717, 1.165) is 52.9 Å². The molecule has 0 radical (unpaired) electrons. The molecular weight excluding hydrogens is 414 g/mol. The van der Waals surface area contributed by atoms with Crippen molar-refractivity contribution < 1.29 is 0 Å². The quantitative estimate of drug-likeness (QED) is 0.412. The summed E-state index contributed by atoms with van der Waals surface area (Å²) in [5.41, 5.74) is 4.76. The molecule has 5 rings (SSSR count). The zero-order valence-corrected chi connectivity index (χ0v) is 18.3. The van der Waals surface area contributed by atoms with Gasteiger partial charge < -0.3 is 4.57 Å². The Labute approximate surface area is 190 Å². The fraction of sp³-hybridized carbons (Fsp3) is 0.200. The molecule has 0 spiro atoms. The van der Waals surface area contributed by atoms with Gasteiger partial charge in [-0.2, -0.15) is 10.2 Å². The van der Waals surface area contributed by atoms with E-state index in [1.165, 1.54) is 0 Å². The highest BCUT2D eigenvalue weighted by Gasteiger charge is 2.13. The molecule has 0 amide bonds. The van der Waals surface area contributed by atoms with E-state index in [0.29, 0.717) is 17.8 Å². The standard InChI is InChI=1S/C25H23N7O/c1-2-3-8-23-27-25(33)21-13-14-26-15-22(21)32(23)16-17-9-11-18(12-10-17)19-6-4-5-7-20(19)24-28-30-31-29-24/h4-7,9-15H,2-3,8,16H2,1H3,(H,28,29,30,31). The number of nitrogens with zero attached hydrogens (tertiary/aromatic N) is 6. The van der Waals surface area contributed by atoms with E-state index in [-0.39, 0.29) is 5.56 Å². The van der Waals surface area contributed by atoms with Crippen molar-refractivity contribution in [3.63, 3.8) is 0 Å². The zero-order chi connectivity index (χ0) is 22.6. The molecule has 3 heterocycles. The van der Waals surface area contributed by atoms with Crippen LogP contribution in [0.4, 0.5) is 0 Å². The molecule has 0 atom stereocenters. The number of H-pyrrole nitrogens is 1. The Morgan fingerprint density at radius 3 is 2.58 bits per heavy atom. The minimum atomic E-state index is -0.192. The Morgan fingerprint density at radius 1 is 1.00 bits per heavy atom. The highest BCUT2D eigenvalue weighted by Crippen LogP contribution is 2.30. The van der Waals surface area contributed by atoms with E-state index in [2.05, 4.69) is 66.3 Å². The molecule has 0 saturated heterocycles. The van der Waals surface area contributed by atoms with Crippen molar-refractivity contribution in [3.05, 3.63) is 88.7 Å². The van der Waals surface area contributed by atoms with Crippen molar-refractivity contribution in [2.75, 3.05) is 0 Å². The van der Waals surface area contributed by atoms with Crippen molar-refractivity contribution in [2.45, 2.75) is 32.7 Å². The first-order chi connectivity index (χ1) is 16.2. The molecule has 8 heteroatoms. The molecule has 0 saturated carbocycles.